The van der Waals surface area contributed by atoms with Gasteiger partial charge < -0.3 is 5.11 Å². The highest BCUT2D eigenvalue weighted by atomic mass is 19.4. The van der Waals surface area contributed by atoms with E-state index < -0.39 is 11.9 Å². The molecule has 0 aliphatic carbocycles. The fourth-order valence-electron chi connectivity index (χ4n) is 1.82. The zero-order valence-electron chi connectivity index (χ0n) is 10.2. The highest BCUT2D eigenvalue weighted by Crippen LogP contribution is 2.30. The largest absolute Gasteiger partial charge is 0.433 e. The van der Waals surface area contributed by atoms with Crippen LogP contribution < -0.4 is 0 Å². The summed E-state index contributed by atoms with van der Waals surface area (Å²) in [7, 11) is 0. The quantitative estimate of drug-likeness (QED) is 0.902. The standard InChI is InChI=1S/C14H12F3NO/c1-9-2-3-11(8-19)12(6-9)10-4-5-13(18-7-10)14(15,16)17/h2-7,19H,8H2,1H3. The van der Waals surface area contributed by atoms with Crippen LogP contribution in [0.25, 0.3) is 11.1 Å². The molecule has 0 radical (unpaired) electrons. The van der Waals surface area contributed by atoms with Crippen LogP contribution >= 0.6 is 0 Å². The van der Waals surface area contributed by atoms with Crippen LogP contribution in [0.2, 0.25) is 0 Å². The van der Waals surface area contributed by atoms with E-state index in [1.54, 1.807) is 6.07 Å². The Balaban J connectivity index is 2.45. The molecule has 1 aromatic heterocycles. The molecule has 0 aliphatic heterocycles. The molecule has 0 bridgehead atoms. The highest BCUT2D eigenvalue weighted by Gasteiger charge is 2.32. The second-order valence-corrected chi connectivity index (χ2v) is 4.25. The van der Waals surface area contributed by atoms with E-state index in [4.69, 9.17) is 0 Å². The summed E-state index contributed by atoms with van der Waals surface area (Å²) in [6, 6.07) is 7.72. The normalized spacial score (nSPS) is 11.6. The summed E-state index contributed by atoms with van der Waals surface area (Å²) in [5.41, 5.74) is 1.96. The van der Waals surface area contributed by atoms with Crippen molar-refractivity contribution in [2.24, 2.45) is 0 Å². The number of aromatic nitrogens is 1. The van der Waals surface area contributed by atoms with Gasteiger partial charge in [-0.1, -0.05) is 29.8 Å². The number of alkyl halides is 3. The third-order valence-corrected chi connectivity index (χ3v) is 2.80. The zero-order valence-corrected chi connectivity index (χ0v) is 10.2. The lowest BCUT2D eigenvalue weighted by molar-refractivity contribution is -0.141. The number of rotatable bonds is 2. The zero-order chi connectivity index (χ0) is 14.0. The van der Waals surface area contributed by atoms with Gasteiger partial charge in [-0.25, -0.2) is 0 Å². The van der Waals surface area contributed by atoms with E-state index in [9.17, 15) is 18.3 Å². The molecule has 0 spiro atoms. The molecule has 0 unspecified atom stereocenters. The van der Waals surface area contributed by atoms with Crippen molar-refractivity contribution >= 4 is 0 Å². The van der Waals surface area contributed by atoms with Crippen molar-refractivity contribution in [3.05, 3.63) is 53.3 Å². The first-order valence-corrected chi connectivity index (χ1v) is 5.66. The molecule has 0 saturated carbocycles. The molecule has 0 amide bonds. The van der Waals surface area contributed by atoms with Crippen molar-refractivity contribution in [1.82, 2.24) is 4.98 Å². The molecule has 1 N–H and O–H groups in total. The maximum Gasteiger partial charge on any atom is 0.433 e. The first-order chi connectivity index (χ1) is 8.91. The van der Waals surface area contributed by atoms with Crippen LogP contribution in [0, 0.1) is 6.92 Å². The van der Waals surface area contributed by atoms with Crippen LogP contribution in [0.4, 0.5) is 13.2 Å². The summed E-state index contributed by atoms with van der Waals surface area (Å²) in [4.78, 5) is 3.42. The Morgan fingerprint density at radius 3 is 2.42 bits per heavy atom. The molecule has 2 nitrogen and oxygen atoms in total. The van der Waals surface area contributed by atoms with Crippen LogP contribution in [-0.4, -0.2) is 10.1 Å². The first kappa shape index (κ1) is 13.5. The van der Waals surface area contributed by atoms with Crippen LogP contribution in [0.1, 0.15) is 16.8 Å². The van der Waals surface area contributed by atoms with Crippen molar-refractivity contribution < 1.29 is 18.3 Å². The Morgan fingerprint density at radius 1 is 1.16 bits per heavy atom. The number of hydrogen-bond donors (Lipinski definition) is 1. The van der Waals surface area contributed by atoms with Gasteiger partial charge in [0.15, 0.2) is 0 Å². The molecule has 0 atom stereocenters. The lowest BCUT2D eigenvalue weighted by atomic mass is 9.99. The SMILES string of the molecule is Cc1ccc(CO)c(-c2ccc(C(F)(F)F)nc2)c1. The number of hydrogen-bond acceptors (Lipinski definition) is 2. The van der Waals surface area contributed by atoms with Crippen LogP contribution in [0.3, 0.4) is 0 Å². The highest BCUT2D eigenvalue weighted by molar-refractivity contribution is 5.67. The Labute approximate surface area is 108 Å². The van der Waals surface area contributed by atoms with Crippen molar-refractivity contribution in [3.63, 3.8) is 0 Å². The molecule has 5 heteroatoms. The van der Waals surface area contributed by atoms with Crippen molar-refractivity contribution in [1.29, 1.82) is 0 Å². The molecule has 0 aliphatic rings. The summed E-state index contributed by atoms with van der Waals surface area (Å²) in [5.74, 6) is 0. The van der Waals surface area contributed by atoms with Crippen molar-refractivity contribution in [2.75, 3.05) is 0 Å². The smallest absolute Gasteiger partial charge is 0.392 e. The van der Waals surface area contributed by atoms with Gasteiger partial charge in [-0.15, -0.1) is 0 Å². The Kier molecular flexibility index (Phi) is 3.57. The molecule has 2 rings (SSSR count). The lowest BCUT2D eigenvalue weighted by Gasteiger charge is -2.10. The summed E-state index contributed by atoms with van der Waals surface area (Å²) < 4.78 is 37.3. The molecule has 1 aromatic carbocycles. The third-order valence-electron chi connectivity index (χ3n) is 2.80. The van der Waals surface area contributed by atoms with Crippen molar-refractivity contribution in [2.45, 2.75) is 19.7 Å². The van der Waals surface area contributed by atoms with Gasteiger partial charge in [-0.3, -0.25) is 4.98 Å². The number of nitrogens with zero attached hydrogens (tertiary/aromatic N) is 1. The van der Waals surface area contributed by atoms with E-state index in [-0.39, 0.29) is 6.61 Å². The minimum atomic E-state index is -4.44. The Hall–Kier alpha value is -1.88. The van der Waals surface area contributed by atoms with Gasteiger partial charge in [0.25, 0.3) is 0 Å². The number of pyridine rings is 1. The minimum Gasteiger partial charge on any atom is -0.392 e. The monoisotopic (exact) mass is 267 g/mol. The van der Waals surface area contributed by atoms with E-state index in [2.05, 4.69) is 4.98 Å². The summed E-state index contributed by atoms with van der Waals surface area (Å²) >= 11 is 0. The van der Waals surface area contributed by atoms with Gasteiger partial charge in [-0.05, 0) is 24.1 Å². The molecule has 0 fully saturated rings. The van der Waals surface area contributed by atoms with E-state index in [0.29, 0.717) is 16.7 Å². The van der Waals surface area contributed by atoms with Crippen LogP contribution in [0.5, 0.6) is 0 Å². The fourth-order valence-corrected chi connectivity index (χ4v) is 1.82. The maximum absolute atomic E-state index is 12.4. The van der Waals surface area contributed by atoms with Gasteiger partial charge >= 0.3 is 6.18 Å². The molecular weight excluding hydrogens is 255 g/mol. The number of benzene rings is 1. The topological polar surface area (TPSA) is 33.1 Å². The second-order valence-electron chi connectivity index (χ2n) is 4.25. The van der Waals surface area contributed by atoms with Crippen LogP contribution in [0.15, 0.2) is 36.5 Å². The number of aryl methyl sites for hydroxylation is 1. The molecule has 2 aromatic rings. The number of aliphatic hydroxyl groups is 1. The van der Waals surface area contributed by atoms with Gasteiger partial charge in [0.05, 0.1) is 6.61 Å². The maximum atomic E-state index is 12.4. The molecule has 100 valence electrons. The van der Waals surface area contributed by atoms with Crippen LogP contribution in [-0.2, 0) is 12.8 Å². The molecule has 1 heterocycles. The first-order valence-electron chi connectivity index (χ1n) is 5.66. The van der Waals surface area contributed by atoms with Gasteiger partial charge in [0.2, 0.25) is 0 Å². The van der Waals surface area contributed by atoms with Gasteiger partial charge in [0, 0.05) is 11.8 Å². The Morgan fingerprint density at radius 2 is 1.89 bits per heavy atom. The average molecular weight is 267 g/mol. The predicted molar refractivity (Wildman–Crippen MR) is 65.3 cm³/mol. The van der Waals surface area contributed by atoms with Gasteiger partial charge in [-0.2, -0.15) is 13.2 Å². The Bertz CT molecular complexity index is 576. The average Bonchev–Trinajstić information content (AvgIpc) is 2.38. The van der Waals surface area contributed by atoms with Crippen molar-refractivity contribution in [3.8, 4) is 11.1 Å². The molecule has 19 heavy (non-hydrogen) atoms. The predicted octanol–water partition coefficient (Wildman–Crippen LogP) is 3.57. The van der Waals surface area contributed by atoms with E-state index in [1.807, 2.05) is 19.1 Å². The summed E-state index contributed by atoms with van der Waals surface area (Å²) in [6.07, 6.45) is -3.26. The van der Waals surface area contributed by atoms with Gasteiger partial charge in [0.1, 0.15) is 5.69 Å². The summed E-state index contributed by atoms with van der Waals surface area (Å²) in [5, 5.41) is 9.25. The molecular formula is C14H12F3NO. The minimum absolute atomic E-state index is 0.170. The van der Waals surface area contributed by atoms with E-state index in [1.165, 1.54) is 12.3 Å². The molecule has 0 saturated heterocycles. The third kappa shape index (κ3) is 2.93. The van der Waals surface area contributed by atoms with E-state index in [0.717, 1.165) is 11.6 Å². The van der Waals surface area contributed by atoms with E-state index >= 15 is 0 Å². The number of aliphatic hydroxyl groups excluding tert-OH is 1. The fraction of sp³-hybridized carbons (Fsp3) is 0.214. The lowest BCUT2D eigenvalue weighted by Crippen LogP contribution is -2.07. The summed E-state index contributed by atoms with van der Waals surface area (Å²) in [6.45, 7) is 1.71. The second kappa shape index (κ2) is 5.01. The number of halogens is 3.